The van der Waals surface area contributed by atoms with Crippen LogP contribution in [0.1, 0.15) is 0 Å². The molecule has 0 aliphatic rings. The summed E-state index contributed by atoms with van der Waals surface area (Å²) in [6.45, 7) is 0. The molecule has 9 rings (SSSR count). The van der Waals surface area contributed by atoms with Crippen LogP contribution in [0.15, 0.2) is 200 Å². The van der Waals surface area contributed by atoms with Gasteiger partial charge in [-0.1, -0.05) is 146 Å². The SMILES string of the molecule is c1ccc(Nc2ccc(-c3ccc4c(c3)c3ccccc3n4-c3cccc(-c4ccccc4-c4ccccc4)c3)cc2-c2ccccc2)cc1. The van der Waals surface area contributed by atoms with Gasteiger partial charge in [0.2, 0.25) is 0 Å². The number of anilines is 2. The Morgan fingerprint density at radius 3 is 1.64 bits per heavy atom. The Morgan fingerprint density at radius 1 is 0.320 bits per heavy atom. The van der Waals surface area contributed by atoms with E-state index in [9.17, 15) is 0 Å². The Labute approximate surface area is 292 Å². The smallest absolute Gasteiger partial charge is 0.0541 e. The van der Waals surface area contributed by atoms with Gasteiger partial charge in [-0.25, -0.2) is 0 Å². The summed E-state index contributed by atoms with van der Waals surface area (Å²) in [7, 11) is 0. The van der Waals surface area contributed by atoms with Gasteiger partial charge < -0.3 is 9.88 Å². The molecule has 0 radical (unpaired) electrons. The number of nitrogens with zero attached hydrogens (tertiary/aromatic N) is 1. The third-order valence-corrected chi connectivity index (χ3v) is 9.59. The van der Waals surface area contributed by atoms with Crippen LogP contribution in [0.4, 0.5) is 11.4 Å². The molecule has 0 fully saturated rings. The Morgan fingerprint density at radius 2 is 0.880 bits per heavy atom. The highest BCUT2D eigenvalue weighted by molar-refractivity contribution is 6.10. The Balaban J connectivity index is 1.16. The van der Waals surface area contributed by atoms with Crippen molar-refractivity contribution in [2.45, 2.75) is 0 Å². The topological polar surface area (TPSA) is 17.0 Å². The molecule has 1 N–H and O–H groups in total. The van der Waals surface area contributed by atoms with Crippen molar-refractivity contribution in [3.05, 3.63) is 200 Å². The van der Waals surface area contributed by atoms with Crippen molar-refractivity contribution in [1.29, 1.82) is 0 Å². The van der Waals surface area contributed by atoms with Crippen LogP contribution in [0, 0.1) is 0 Å². The summed E-state index contributed by atoms with van der Waals surface area (Å²) in [4.78, 5) is 0. The first-order valence-corrected chi connectivity index (χ1v) is 17.1. The maximum absolute atomic E-state index is 3.65. The van der Waals surface area contributed by atoms with Gasteiger partial charge in [0.1, 0.15) is 0 Å². The normalized spacial score (nSPS) is 11.2. The van der Waals surface area contributed by atoms with Gasteiger partial charge in [-0.3, -0.25) is 0 Å². The van der Waals surface area contributed by atoms with Gasteiger partial charge in [-0.15, -0.1) is 0 Å². The number of hydrogen-bond donors (Lipinski definition) is 1. The highest BCUT2D eigenvalue weighted by Crippen LogP contribution is 2.39. The number of aromatic nitrogens is 1. The first kappa shape index (κ1) is 29.5. The van der Waals surface area contributed by atoms with Crippen molar-refractivity contribution in [1.82, 2.24) is 4.57 Å². The van der Waals surface area contributed by atoms with E-state index in [-0.39, 0.29) is 0 Å². The van der Waals surface area contributed by atoms with Gasteiger partial charge in [-0.2, -0.15) is 0 Å². The molecule has 8 aromatic carbocycles. The molecule has 0 spiro atoms. The minimum absolute atomic E-state index is 1.07. The van der Waals surface area contributed by atoms with Gasteiger partial charge >= 0.3 is 0 Å². The van der Waals surface area contributed by atoms with E-state index >= 15 is 0 Å². The zero-order valence-electron chi connectivity index (χ0n) is 27.5. The van der Waals surface area contributed by atoms with Gasteiger partial charge in [0.15, 0.2) is 0 Å². The highest BCUT2D eigenvalue weighted by atomic mass is 15.0. The second-order valence-electron chi connectivity index (χ2n) is 12.7. The van der Waals surface area contributed by atoms with E-state index in [1.165, 1.54) is 66.3 Å². The van der Waals surface area contributed by atoms with Crippen LogP contribution in [-0.2, 0) is 0 Å². The zero-order valence-corrected chi connectivity index (χ0v) is 27.5. The molecule has 0 saturated heterocycles. The van der Waals surface area contributed by atoms with Gasteiger partial charge in [-0.05, 0) is 93.5 Å². The van der Waals surface area contributed by atoms with E-state index < -0.39 is 0 Å². The number of hydrogen-bond acceptors (Lipinski definition) is 1. The summed E-state index contributed by atoms with van der Waals surface area (Å²) in [5, 5.41) is 6.13. The summed E-state index contributed by atoms with van der Waals surface area (Å²) in [6, 6.07) is 71.7. The molecule has 0 unspecified atom stereocenters. The largest absolute Gasteiger partial charge is 0.355 e. The summed E-state index contributed by atoms with van der Waals surface area (Å²) >= 11 is 0. The number of nitrogens with one attached hydrogen (secondary N) is 1. The quantitative estimate of drug-likeness (QED) is 0.184. The van der Waals surface area contributed by atoms with Crippen molar-refractivity contribution in [2.75, 3.05) is 5.32 Å². The third kappa shape index (κ3) is 5.43. The van der Waals surface area contributed by atoms with Crippen LogP contribution >= 0.6 is 0 Å². The standard InChI is InChI=1S/C48H34N2/c1-4-15-34(16-5-1)41-23-10-11-24-42(41)38-19-14-22-40(31-38)50-47-26-13-12-25-43(47)45-33-37(28-30-48(45)50)36-27-29-46(49-39-20-8-3-9-21-39)44(32-36)35-17-6-2-7-18-35/h1-33,49H. The van der Waals surface area contributed by atoms with E-state index in [0.29, 0.717) is 0 Å². The molecule has 0 bridgehead atoms. The van der Waals surface area contributed by atoms with Crippen molar-refractivity contribution in [3.8, 4) is 50.2 Å². The molecule has 0 aliphatic carbocycles. The number of para-hydroxylation sites is 2. The summed E-state index contributed by atoms with van der Waals surface area (Å²) < 4.78 is 2.41. The summed E-state index contributed by atoms with van der Waals surface area (Å²) in [5.41, 5.74) is 15.3. The highest BCUT2D eigenvalue weighted by Gasteiger charge is 2.16. The van der Waals surface area contributed by atoms with E-state index in [0.717, 1.165) is 17.1 Å². The van der Waals surface area contributed by atoms with Crippen LogP contribution in [0.25, 0.3) is 72.0 Å². The van der Waals surface area contributed by atoms with Crippen LogP contribution in [-0.4, -0.2) is 4.57 Å². The minimum atomic E-state index is 1.07. The first-order chi connectivity index (χ1) is 24.8. The molecule has 2 heteroatoms. The fourth-order valence-electron chi connectivity index (χ4n) is 7.21. The van der Waals surface area contributed by atoms with Gasteiger partial charge in [0, 0.05) is 33.4 Å². The fraction of sp³-hybridized carbons (Fsp3) is 0. The monoisotopic (exact) mass is 638 g/mol. The van der Waals surface area contributed by atoms with E-state index in [1.807, 2.05) is 6.07 Å². The van der Waals surface area contributed by atoms with Crippen molar-refractivity contribution < 1.29 is 0 Å². The molecule has 2 nitrogen and oxygen atoms in total. The molecule has 0 amide bonds. The second kappa shape index (κ2) is 12.8. The molecular weight excluding hydrogens is 605 g/mol. The zero-order chi connectivity index (χ0) is 33.3. The Bertz CT molecular complexity index is 2600. The maximum atomic E-state index is 3.65. The molecule has 50 heavy (non-hydrogen) atoms. The lowest BCUT2D eigenvalue weighted by atomic mass is 9.94. The van der Waals surface area contributed by atoms with Crippen molar-refractivity contribution in [2.24, 2.45) is 0 Å². The molecule has 1 aromatic heterocycles. The molecule has 9 aromatic rings. The van der Waals surface area contributed by atoms with Gasteiger partial charge in [0.25, 0.3) is 0 Å². The summed E-state index contributed by atoms with van der Waals surface area (Å²) in [5.74, 6) is 0. The van der Waals surface area contributed by atoms with E-state index in [2.05, 4.69) is 204 Å². The predicted octanol–water partition coefficient (Wildman–Crippen LogP) is 13.2. The third-order valence-electron chi connectivity index (χ3n) is 9.59. The van der Waals surface area contributed by atoms with Crippen molar-refractivity contribution in [3.63, 3.8) is 0 Å². The van der Waals surface area contributed by atoms with Crippen LogP contribution in [0.2, 0.25) is 0 Å². The molecule has 0 aliphatic heterocycles. The summed E-state index contributed by atoms with van der Waals surface area (Å²) in [6.07, 6.45) is 0. The number of rotatable bonds is 7. The Kier molecular flexibility index (Phi) is 7.53. The average molecular weight is 639 g/mol. The van der Waals surface area contributed by atoms with Crippen LogP contribution in [0.3, 0.4) is 0 Å². The van der Waals surface area contributed by atoms with Crippen LogP contribution in [0.5, 0.6) is 0 Å². The van der Waals surface area contributed by atoms with Crippen molar-refractivity contribution >= 4 is 33.2 Å². The number of fused-ring (bicyclic) bond motifs is 3. The average Bonchev–Trinajstić information content (AvgIpc) is 3.53. The number of benzene rings is 8. The van der Waals surface area contributed by atoms with Crippen LogP contribution < -0.4 is 5.32 Å². The molecule has 0 atom stereocenters. The minimum Gasteiger partial charge on any atom is -0.355 e. The first-order valence-electron chi connectivity index (χ1n) is 17.1. The fourth-order valence-corrected chi connectivity index (χ4v) is 7.21. The molecular formula is C48H34N2. The predicted molar refractivity (Wildman–Crippen MR) is 212 cm³/mol. The lowest BCUT2D eigenvalue weighted by Crippen LogP contribution is -1.95. The maximum Gasteiger partial charge on any atom is 0.0541 e. The Hall–Kier alpha value is -6.64. The molecule has 0 saturated carbocycles. The van der Waals surface area contributed by atoms with E-state index in [1.54, 1.807) is 0 Å². The van der Waals surface area contributed by atoms with Gasteiger partial charge in [0.05, 0.1) is 11.0 Å². The van der Waals surface area contributed by atoms with E-state index in [4.69, 9.17) is 0 Å². The second-order valence-corrected chi connectivity index (χ2v) is 12.7. The molecule has 1 heterocycles. The lowest BCUT2D eigenvalue weighted by molar-refractivity contribution is 1.18. The lowest BCUT2D eigenvalue weighted by Gasteiger charge is -2.15. The molecule has 236 valence electrons.